The van der Waals surface area contributed by atoms with Gasteiger partial charge in [-0.3, -0.25) is 9.69 Å². The maximum Gasteiger partial charge on any atom is 0.270 e. The number of carbonyl (C=O) groups is 1. The van der Waals surface area contributed by atoms with Crippen molar-refractivity contribution in [3.8, 4) is 0 Å². The van der Waals surface area contributed by atoms with Crippen molar-refractivity contribution in [2.24, 2.45) is 5.92 Å². The number of hydrogen-bond donors (Lipinski definition) is 1. The van der Waals surface area contributed by atoms with E-state index in [1.54, 1.807) is 10.9 Å². The molecule has 0 saturated carbocycles. The summed E-state index contributed by atoms with van der Waals surface area (Å²) in [7, 11) is 0. The SMILES string of the molecule is CC(C)=CCN1CCC(CNC(=O)c2cscn2)CC1. The van der Waals surface area contributed by atoms with Gasteiger partial charge in [-0.25, -0.2) is 4.98 Å². The highest BCUT2D eigenvalue weighted by atomic mass is 32.1. The van der Waals surface area contributed by atoms with Gasteiger partial charge in [0.15, 0.2) is 0 Å². The molecular weight excluding hydrogens is 270 g/mol. The van der Waals surface area contributed by atoms with E-state index in [2.05, 4.69) is 35.1 Å². The Balaban J connectivity index is 1.67. The van der Waals surface area contributed by atoms with Crippen LogP contribution in [0.5, 0.6) is 0 Å². The Kier molecular flexibility index (Phi) is 5.73. The summed E-state index contributed by atoms with van der Waals surface area (Å²) in [5.41, 5.74) is 3.61. The number of aromatic nitrogens is 1. The molecule has 0 aliphatic carbocycles. The number of hydrogen-bond acceptors (Lipinski definition) is 4. The smallest absolute Gasteiger partial charge is 0.270 e. The van der Waals surface area contributed by atoms with Crippen molar-refractivity contribution in [3.05, 3.63) is 28.2 Å². The van der Waals surface area contributed by atoms with Gasteiger partial charge in [0.1, 0.15) is 5.69 Å². The number of thiazole rings is 1. The van der Waals surface area contributed by atoms with E-state index < -0.39 is 0 Å². The van der Waals surface area contributed by atoms with E-state index in [1.165, 1.54) is 16.9 Å². The molecular formula is C15H23N3OS. The average Bonchev–Trinajstić information content (AvgIpc) is 2.98. The molecule has 1 amide bonds. The monoisotopic (exact) mass is 293 g/mol. The lowest BCUT2D eigenvalue weighted by Crippen LogP contribution is -2.38. The van der Waals surface area contributed by atoms with Crippen molar-refractivity contribution in [2.45, 2.75) is 26.7 Å². The fourth-order valence-electron chi connectivity index (χ4n) is 2.34. The number of likely N-dealkylation sites (tertiary alicyclic amines) is 1. The van der Waals surface area contributed by atoms with Crippen LogP contribution >= 0.6 is 11.3 Å². The number of carbonyl (C=O) groups excluding carboxylic acids is 1. The van der Waals surface area contributed by atoms with E-state index in [9.17, 15) is 4.79 Å². The molecule has 2 heterocycles. The Labute approximate surface area is 124 Å². The first kappa shape index (κ1) is 15.2. The zero-order valence-electron chi connectivity index (χ0n) is 12.3. The van der Waals surface area contributed by atoms with Gasteiger partial charge >= 0.3 is 0 Å². The van der Waals surface area contributed by atoms with Crippen LogP contribution in [0.4, 0.5) is 0 Å². The lowest BCUT2D eigenvalue weighted by Gasteiger charge is -2.31. The molecule has 5 heteroatoms. The van der Waals surface area contributed by atoms with Crippen molar-refractivity contribution >= 4 is 17.2 Å². The molecule has 110 valence electrons. The van der Waals surface area contributed by atoms with Crippen LogP contribution in [0.1, 0.15) is 37.2 Å². The van der Waals surface area contributed by atoms with Crippen LogP contribution in [-0.4, -0.2) is 42.0 Å². The number of nitrogens with zero attached hydrogens (tertiary/aromatic N) is 2. The highest BCUT2D eigenvalue weighted by Crippen LogP contribution is 2.16. The molecule has 1 aromatic heterocycles. The van der Waals surface area contributed by atoms with Gasteiger partial charge in [-0.2, -0.15) is 0 Å². The molecule has 4 nitrogen and oxygen atoms in total. The quantitative estimate of drug-likeness (QED) is 0.849. The Morgan fingerprint density at radius 3 is 2.85 bits per heavy atom. The summed E-state index contributed by atoms with van der Waals surface area (Å²) in [6.45, 7) is 8.36. The summed E-state index contributed by atoms with van der Waals surface area (Å²) >= 11 is 1.45. The predicted octanol–water partition coefficient (Wildman–Crippen LogP) is 2.55. The maximum absolute atomic E-state index is 11.8. The van der Waals surface area contributed by atoms with Crippen LogP contribution in [0.2, 0.25) is 0 Å². The minimum atomic E-state index is -0.0433. The standard InChI is InChI=1S/C15H23N3OS/c1-12(2)3-6-18-7-4-13(5-8-18)9-16-15(19)14-10-20-11-17-14/h3,10-11,13H,4-9H2,1-2H3,(H,16,19). The highest BCUT2D eigenvalue weighted by Gasteiger charge is 2.19. The van der Waals surface area contributed by atoms with E-state index in [0.29, 0.717) is 11.6 Å². The molecule has 0 spiro atoms. The normalized spacial score (nSPS) is 16.9. The van der Waals surface area contributed by atoms with Crippen LogP contribution in [0, 0.1) is 5.92 Å². The van der Waals surface area contributed by atoms with Gasteiger partial charge in [-0.15, -0.1) is 11.3 Å². The zero-order valence-corrected chi connectivity index (χ0v) is 13.1. The summed E-state index contributed by atoms with van der Waals surface area (Å²) in [6, 6.07) is 0. The number of piperidine rings is 1. The summed E-state index contributed by atoms with van der Waals surface area (Å²) in [4.78, 5) is 18.3. The van der Waals surface area contributed by atoms with Crippen LogP contribution in [0.15, 0.2) is 22.5 Å². The number of amides is 1. The first-order chi connectivity index (χ1) is 9.65. The molecule has 0 atom stereocenters. The van der Waals surface area contributed by atoms with Gasteiger partial charge in [-0.05, 0) is 45.7 Å². The third-order valence-electron chi connectivity index (χ3n) is 3.68. The second-order valence-corrected chi connectivity index (χ2v) is 6.33. The van der Waals surface area contributed by atoms with Gasteiger partial charge < -0.3 is 5.32 Å². The molecule has 1 aliphatic heterocycles. The molecule has 20 heavy (non-hydrogen) atoms. The molecule has 1 aromatic rings. The predicted molar refractivity (Wildman–Crippen MR) is 83.0 cm³/mol. The molecule has 0 aromatic carbocycles. The third-order valence-corrected chi connectivity index (χ3v) is 4.27. The number of allylic oxidation sites excluding steroid dienone is 1. The van der Waals surface area contributed by atoms with Gasteiger partial charge in [0.2, 0.25) is 0 Å². The molecule has 0 radical (unpaired) electrons. The summed E-state index contributed by atoms with van der Waals surface area (Å²) in [6.07, 6.45) is 4.60. The Morgan fingerprint density at radius 2 is 2.25 bits per heavy atom. The van der Waals surface area contributed by atoms with E-state index in [-0.39, 0.29) is 5.91 Å². The van der Waals surface area contributed by atoms with Crippen LogP contribution in [-0.2, 0) is 0 Å². The fraction of sp³-hybridized carbons (Fsp3) is 0.600. The Bertz CT molecular complexity index is 444. The van der Waals surface area contributed by atoms with E-state index in [0.717, 1.165) is 39.0 Å². The van der Waals surface area contributed by atoms with Gasteiger partial charge in [0.25, 0.3) is 5.91 Å². The van der Waals surface area contributed by atoms with Crippen molar-refractivity contribution in [1.29, 1.82) is 0 Å². The molecule has 2 rings (SSSR count). The zero-order chi connectivity index (χ0) is 14.4. The first-order valence-corrected chi connectivity index (χ1v) is 8.11. The fourth-order valence-corrected chi connectivity index (χ4v) is 2.87. The third kappa shape index (κ3) is 4.72. The topological polar surface area (TPSA) is 45.2 Å². The summed E-state index contributed by atoms with van der Waals surface area (Å²) < 4.78 is 0. The molecule has 1 fully saturated rings. The van der Waals surface area contributed by atoms with Crippen LogP contribution < -0.4 is 5.32 Å². The molecule has 1 N–H and O–H groups in total. The second kappa shape index (κ2) is 7.55. The van der Waals surface area contributed by atoms with E-state index in [1.807, 2.05) is 0 Å². The molecule has 1 saturated heterocycles. The Morgan fingerprint density at radius 1 is 1.50 bits per heavy atom. The minimum Gasteiger partial charge on any atom is -0.350 e. The van der Waals surface area contributed by atoms with Crippen molar-refractivity contribution in [1.82, 2.24) is 15.2 Å². The Hall–Kier alpha value is -1.20. The van der Waals surface area contributed by atoms with Crippen molar-refractivity contribution in [3.63, 3.8) is 0 Å². The lowest BCUT2D eigenvalue weighted by atomic mass is 9.96. The average molecular weight is 293 g/mol. The molecule has 0 unspecified atom stereocenters. The number of rotatable bonds is 5. The lowest BCUT2D eigenvalue weighted by molar-refractivity contribution is 0.0933. The van der Waals surface area contributed by atoms with E-state index in [4.69, 9.17) is 0 Å². The second-order valence-electron chi connectivity index (χ2n) is 5.61. The number of nitrogens with one attached hydrogen (secondary N) is 1. The van der Waals surface area contributed by atoms with Crippen LogP contribution in [0.3, 0.4) is 0 Å². The van der Waals surface area contributed by atoms with Gasteiger partial charge in [0, 0.05) is 18.5 Å². The largest absolute Gasteiger partial charge is 0.350 e. The molecule has 0 bridgehead atoms. The maximum atomic E-state index is 11.8. The van der Waals surface area contributed by atoms with Gasteiger partial charge in [-0.1, -0.05) is 11.6 Å². The first-order valence-electron chi connectivity index (χ1n) is 7.17. The molecule has 1 aliphatic rings. The van der Waals surface area contributed by atoms with Crippen molar-refractivity contribution < 1.29 is 4.79 Å². The van der Waals surface area contributed by atoms with Gasteiger partial charge in [0.05, 0.1) is 5.51 Å². The summed E-state index contributed by atoms with van der Waals surface area (Å²) in [5, 5.41) is 4.78. The summed E-state index contributed by atoms with van der Waals surface area (Å²) in [5.74, 6) is 0.554. The van der Waals surface area contributed by atoms with Crippen molar-refractivity contribution in [2.75, 3.05) is 26.2 Å². The minimum absolute atomic E-state index is 0.0433. The van der Waals surface area contributed by atoms with Crippen LogP contribution in [0.25, 0.3) is 0 Å². The van der Waals surface area contributed by atoms with E-state index >= 15 is 0 Å². The highest BCUT2D eigenvalue weighted by molar-refractivity contribution is 7.07.